The van der Waals surface area contributed by atoms with Crippen molar-refractivity contribution < 1.29 is 9.53 Å². The van der Waals surface area contributed by atoms with E-state index in [0.29, 0.717) is 6.42 Å². The zero-order chi connectivity index (χ0) is 13.0. The van der Waals surface area contributed by atoms with E-state index >= 15 is 0 Å². The zero-order valence-corrected chi connectivity index (χ0v) is 12.1. The highest BCUT2D eigenvalue weighted by Gasteiger charge is 2.38. The number of carbonyl (C=O) groups excluding carboxylic acids is 1. The van der Waals surface area contributed by atoms with Gasteiger partial charge in [-0.05, 0) is 37.0 Å². The van der Waals surface area contributed by atoms with Crippen LogP contribution in [0.3, 0.4) is 0 Å². The summed E-state index contributed by atoms with van der Waals surface area (Å²) in [5.41, 5.74) is 1.19. The zero-order valence-electron chi connectivity index (χ0n) is 10.5. The highest BCUT2D eigenvalue weighted by Crippen LogP contribution is 2.35. The van der Waals surface area contributed by atoms with Crippen molar-refractivity contribution in [3.63, 3.8) is 0 Å². The predicted octanol–water partition coefficient (Wildman–Crippen LogP) is 3.02. The van der Waals surface area contributed by atoms with E-state index in [1.807, 2.05) is 12.1 Å². The highest BCUT2D eigenvalue weighted by atomic mass is 79.9. The lowest BCUT2D eigenvalue weighted by atomic mass is 9.74. The van der Waals surface area contributed by atoms with Crippen molar-refractivity contribution >= 4 is 21.9 Å². The molecule has 0 aliphatic heterocycles. The Hall–Kier alpha value is -0.870. The molecule has 0 spiro atoms. The van der Waals surface area contributed by atoms with Gasteiger partial charge >= 0.3 is 5.97 Å². The smallest absolute Gasteiger partial charge is 0.307 e. The number of esters is 1. The van der Waals surface area contributed by atoms with Gasteiger partial charge in [0.25, 0.3) is 0 Å². The second-order valence-electron chi connectivity index (χ2n) is 4.87. The number of ether oxygens (including phenoxy) is 1. The molecule has 2 rings (SSSR count). The Labute approximate surface area is 116 Å². The molecule has 3 nitrogen and oxygen atoms in total. The number of nitrogens with one attached hydrogen (secondary N) is 1. The molecule has 1 aromatic carbocycles. The molecular weight excluding hydrogens is 294 g/mol. The van der Waals surface area contributed by atoms with Crippen LogP contribution in [0, 0.1) is 0 Å². The molecule has 0 aromatic heterocycles. The van der Waals surface area contributed by atoms with Crippen molar-refractivity contribution in [1.29, 1.82) is 0 Å². The van der Waals surface area contributed by atoms with Crippen LogP contribution in [0.2, 0.25) is 0 Å². The summed E-state index contributed by atoms with van der Waals surface area (Å²) in [5, 5.41) is 3.52. The number of carbonyl (C=O) groups is 1. The fourth-order valence-electron chi connectivity index (χ4n) is 2.26. The molecule has 18 heavy (non-hydrogen) atoms. The molecule has 98 valence electrons. The van der Waals surface area contributed by atoms with E-state index in [0.717, 1.165) is 23.9 Å². The van der Waals surface area contributed by atoms with Gasteiger partial charge in [-0.1, -0.05) is 28.1 Å². The lowest BCUT2D eigenvalue weighted by Crippen LogP contribution is -2.52. The molecule has 1 saturated carbocycles. The summed E-state index contributed by atoms with van der Waals surface area (Å²) in [6.45, 7) is 0.796. The molecule has 0 saturated heterocycles. The molecule has 0 heterocycles. The van der Waals surface area contributed by atoms with Crippen LogP contribution in [0.5, 0.6) is 0 Å². The molecule has 1 aliphatic rings. The third-order valence-corrected chi connectivity index (χ3v) is 4.13. The second-order valence-corrected chi connectivity index (χ2v) is 5.78. The minimum absolute atomic E-state index is 0.0415. The lowest BCUT2D eigenvalue weighted by Gasteiger charge is -2.42. The average molecular weight is 312 g/mol. The van der Waals surface area contributed by atoms with Crippen molar-refractivity contribution in [3.8, 4) is 0 Å². The predicted molar refractivity (Wildman–Crippen MR) is 74.2 cm³/mol. The topological polar surface area (TPSA) is 38.3 Å². The van der Waals surface area contributed by atoms with Gasteiger partial charge in [0, 0.05) is 16.6 Å². The van der Waals surface area contributed by atoms with Crippen molar-refractivity contribution in [3.05, 3.63) is 34.3 Å². The van der Waals surface area contributed by atoms with Gasteiger partial charge in [0.2, 0.25) is 0 Å². The van der Waals surface area contributed by atoms with Crippen molar-refractivity contribution in [1.82, 2.24) is 5.32 Å². The Balaban J connectivity index is 1.91. The van der Waals surface area contributed by atoms with Crippen LogP contribution in [0.15, 0.2) is 28.7 Å². The van der Waals surface area contributed by atoms with Crippen molar-refractivity contribution in [2.75, 3.05) is 7.11 Å². The molecule has 0 amide bonds. The van der Waals surface area contributed by atoms with Gasteiger partial charge in [0.05, 0.1) is 13.5 Å². The Kier molecular flexibility index (Phi) is 4.40. The fraction of sp³-hybridized carbons (Fsp3) is 0.500. The lowest BCUT2D eigenvalue weighted by molar-refractivity contribution is -0.143. The standard InChI is InChI=1S/C14H18BrNO2/c1-18-13(17)9-14(7-2-8-14)16-10-11-3-5-12(15)6-4-11/h3-6,16H,2,7-10H2,1H3. The van der Waals surface area contributed by atoms with Gasteiger partial charge < -0.3 is 10.1 Å². The summed E-state index contributed by atoms with van der Waals surface area (Å²) in [6.07, 6.45) is 3.77. The van der Waals surface area contributed by atoms with Crippen molar-refractivity contribution in [2.45, 2.75) is 37.8 Å². The summed E-state index contributed by atoms with van der Waals surface area (Å²) in [7, 11) is 1.45. The molecule has 0 atom stereocenters. The third-order valence-electron chi connectivity index (χ3n) is 3.60. The highest BCUT2D eigenvalue weighted by molar-refractivity contribution is 9.10. The summed E-state index contributed by atoms with van der Waals surface area (Å²) < 4.78 is 5.85. The minimum Gasteiger partial charge on any atom is -0.469 e. The summed E-state index contributed by atoms with van der Waals surface area (Å²) in [4.78, 5) is 11.4. The molecule has 0 radical (unpaired) electrons. The maximum absolute atomic E-state index is 11.4. The number of hydrogen-bond donors (Lipinski definition) is 1. The van der Waals surface area contributed by atoms with Crippen LogP contribution in [-0.2, 0) is 16.1 Å². The summed E-state index contributed by atoms with van der Waals surface area (Å²) in [6, 6.07) is 8.23. The van der Waals surface area contributed by atoms with Gasteiger partial charge in [-0.3, -0.25) is 4.79 Å². The van der Waals surface area contributed by atoms with Crippen LogP contribution in [0.25, 0.3) is 0 Å². The summed E-state index contributed by atoms with van der Waals surface area (Å²) >= 11 is 3.42. The van der Waals surface area contributed by atoms with Crippen LogP contribution >= 0.6 is 15.9 Å². The first kappa shape index (κ1) is 13.6. The van der Waals surface area contributed by atoms with Crippen LogP contribution in [0.4, 0.5) is 0 Å². The van der Waals surface area contributed by atoms with E-state index in [1.54, 1.807) is 0 Å². The first-order chi connectivity index (χ1) is 8.63. The first-order valence-electron chi connectivity index (χ1n) is 6.20. The Bertz CT molecular complexity index is 412. The monoisotopic (exact) mass is 311 g/mol. The van der Waals surface area contributed by atoms with E-state index in [2.05, 4.69) is 33.4 Å². The molecule has 1 fully saturated rings. The number of hydrogen-bond acceptors (Lipinski definition) is 3. The Morgan fingerprint density at radius 3 is 2.56 bits per heavy atom. The Morgan fingerprint density at radius 2 is 2.06 bits per heavy atom. The van der Waals surface area contributed by atoms with E-state index in [4.69, 9.17) is 4.74 Å². The fourth-order valence-corrected chi connectivity index (χ4v) is 2.52. The second kappa shape index (κ2) is 5.85. The molecule has 1 N–H and O–H groups in total. The normalized spacial score (nSPS) is 17.0. The molecule has 0 bridgehead atoms. The van der Waals surface area contributed by atoms with Gasteiger partial charge in [-0.15, -0.1) is 0 Å². The number of benzene rings is 1. The van der Waals surface area contributed by atoms with E-state index < -0.39 is 0 Å². The molecular formula is C14H18BrNO2. The summed E-state index contributed by atoms with van der Waals surface area (Å²) in [5.74, 6) is -0.127. The Morgan fingerprint density at radius 1 is 1.39 bits per heavy atom. The number of rotatable bonds is 5. The van der Waals surface area contributed by atoms with Gasteiger partial charge in [-0.2, -0.15) is 0 Å². The largest absolute Gasteiger partial charge is 0.469 e. The van der Waals surface area contributed by atoms with E-state index in [-0.39, 0.29) is 11.5 Å². The van der Waals surface area contributed by atoms with Gasteiger partial charge in [-0.25, -0.2) is 0 Å². The molecule has 0 unspecified atom stereocenters. The number of methoxy groups -OCH3 is 1. The maximum atomic E-state index is 11.4. The molecule has 1 aromatic rings. The molecule has 4 heteroatoms. The molecule has 1 aliphatic carbocycles. The quantitative estimate of drug-likeness (QED) is 0.849. The van der Waals surface area contributed by atoms with Gasteiger partial charge in [0.15, 0.2) is 0 Å². The van der Waals surface area contributed by atoms with Crippen LogP contribution in [0.1, 0.15) is 31.2 Å². The van der Waals surface area contributed by atoms with Gasteiger partial charge in [0.1, 0.15) is 0 Å². The van der Waals surface area contributed by atoms with E-state index in [1.165, 1.54) is 19.1 Å². The average Bonchev–Trinajstić information content (AvgIpc) is 2.34. The van der Waals surface area contributed by atoms with Crippen LogP contribution < -0.4 is 5.32 Å². The van der Waals surface area contributed by atoms with Crippen molar-refractivity contribution in [2.24, 2.45) is 0 Å². The van der Waals surface area contributed by atoms with E-state index in [9.17, 15) is 4.79 Å². The first-order valence-corrected chi connectivity index (χ1v) is 6.99. The third kappa shape index (κ3) is 3.33. The SMILES string of the molecule is COC(=O)CC1(NCc2ccc(Br)cc2)CCC1. The maximum Gasteiger partial charge on any atom is 0.307 e. The van der Waals surface area contributed by atoms with Crippen LogP contribution in [-0.4, -0.2) is 18.6 Å². The minimum atomic E-state index is -0.127. The number of halogens is 1.